The van der Waals surface area contributed by atoms with Gasteiger partial charge in [-0.25, -0.2) is 4.79 Å². The van der Waals surface area contributed by atoms with Gasteiger partial charge in [0, 0.05) is 0 Å². The summed E-state index contributed by atoms with van der Waals surface area (Å²) in [5.41, 5.74) is 0.415. The molecule has 2 atom stereocenters. The van der Waals surface area contributed by atoms with E-state index in [-0.39, 0.29) is 6.10 Å². The van der Waals surface area contributed by atoms with Crippen molar-refractivity contribution in [3.05, 3.63) is 23.8 Å². The highest BCUT2D eigenvalue weighted by molar-refractivity contribution is 5.90. The smallest absolute Gasteiger partial charge is 0.338 e. The molecule has 0 aliphatic heterocycles. The first-order chi connectivity index (χ1) is 10.2. The Bertz CT molecular complexity index is 486. The molecule has 0 amide bonds. The van der Waals surface area contributed by atoms with Gasteiger partial charge in [0.15, 0.2) is 11.5 Å². The zero-order valence-electron chi connectivity index (χ0n) is 12.5. The summed E-state index contributed by atoms with van der Waals surface area (Å²) in [5, 5.41) is 10.00. The summed E-state index contributed by atoms with van der Waals surface area (Å²) < 4.78 is 16.1. The van der Waals surface area contributed by atoms with Crippen LogP contribution in [0.1, 0.15) is 43.0 Å². The molecule has 1 saturated carbocycles. The molecule has 2 rings (SSSR count). The first-order valence-electron chi connectivity index (χ1n) is 7.35. The minimum Gasteiger partial charge on any atom is -0.493 e. The molecule has 1 fully saturated rings. The number of benzene rings is 1. The minimum absolute atomic E-state index is 0.259. The highest BCUT2D eigenvalue weighted by atomic mass is 16.5. The lowest BCUT2D eigenvalue weighted by molar-refractivity contribution is 0.00560. The largest absolute Gasteiger partial charge is 0.493 e. The van der Waals surface area contributed by atoms with E-state index in [1.54, 1.807) is 32.2 Å². The Balaban J connectivity index is 2.19. The topological polar surface area (TPSA) is 65.0 Å². The third-order valence-electron chi connectivity index (χ3n) is 3.62. The summed E-state index contributed by atoms with van der Waals surface area (Å²) in [7, 11) is 1.55. The van der Waals surface area contributed by atoms with Gasteiger partial charge in [-0.15, -0.1) is 0 Å². The predicted molar refractivity (Wildman–Crippen MR) is 77.8 cm³/mol. The van der Waals surface area contributed by atoms with Crippen molar-refractivity contribution in [1.29, 1.82) is 0 Å². The molecule has 5 nitrogen and oxygen atoms in total. The van der Waals surface area contributed by atoms with Gasteiger partial charge in [-0.1, -0.05) is 6.42 Å². The maximum absolute atomic E-state index is 11.8. The molecule has 21 heavy (non-hydrogen) atoms. The van der Waals surface area contributed by atoms with Crippen molar-refractivity contribution in [2.75, 3.05) is 13.7 Å². The van der Waals surface area contributed by atoms with Crippen molar-refractivity contribution < 1.29 is 24.1 Å². The van der Waals surface area contributed by atoms with Crippen LogP contribution >= 0.6 is 0 Å². The Kier molecular flexibility index (Phi) is 5.44. The molecule has 1 aliphatic carbocycles. The van der Waals surface area contributed by atoms with Crippen molar-refractivity contribution in [2.45, 2.75) is 44.8 Å². The van der Waals surface area contributed by atoms with Gasteiger partial charge in [-0.3, -0.25) is 0 Å². The molecule has 0 spiro atoms. The van der Waals surface area contributed by atoms with Crippen LogP contribution in [0.4, 0.5) is 0 Å². The van der Waals surface area contributed by atoms with Crippen LogP contribution < -0.4 is 9.47 Å². The van der Waals surface area contributed by atoms with Crippen molar-refractivity contribution >= 4 is 5.97 Å². The number of hydrogen-bond acceptors (Lipinski definition) is 5. The average Bonchev–Trinajstić information content (AvgIpc) is 2.50. The second-order valence-corrected chi connectivity index (χ2v) is 5.09. The van der Waals surface area contributed by atoms with Crippen molar-refractivity contribution in [3.8, 4) is 11.5 Å². The number of rotatable bonds is 5. The van der Waals surface area contributed by atoms with Crippen LogP contribution in [0.5, 0.6) is 11.5 Å². The van der Waals surface area contributed by atoms with Crippen LogP contribution in [0, 0.1) is 0 Å². The number of esters is 1. The number of aliphatic hydroxyl groups excluding tert-OH is 1. The van der Waals surface area contributed by atoms with Gasteiger partial charge >= 0.3 is 5.97 Å². The molecule has 0 radical (unpaired) electrons. The Morgan fingerprint density at radius 1 is 1.29 bits per heavy atom. The van der Waals surface area contributed by atoms with Crippen molar-refractivity contribution in [3.63, 3.8) is 0 Å². The highest BCUT2D eigenvalue weighted by Crippen LogP contribution is 2.32. The second kappa shape index (κ2) is 7.31. The summed E-state index contributed by atoms with van der Waals surface area (Å²) in [6, 6.07) is 4.93. The lowest BCUT2D eigenvalue weighted by atomic mass is 9.95. The van der Waals surface area contributed by atoms with Gasteiger partial charge in [0.1, 0.15) is 6.10 Å². The number of ether oxygens (including phenoxy) is 3. The van der Waals surface area contributed by atoms with E-state index >= 15 is 0 Å². The molecular weight excluding hydrogens is 272 g/mol. The Morgan fingerprint density at radius 3 is 2.71 bits per heavy atom. The molecule has 1 aromatic carbocycles. The van der Waals surface area contributed by atoms with E-state index in [4.69, 9.17) is 14.2 Å². The summed E-state index contributed by atoms with van der Waals surface area (Å²) >= 11 is 0. The zero-order chi connectivity index (χ0) is 15.2. The van der Waals surface area contributed by atoms with E-state index in [0.29, 0.717) is 23.7 Å². The van der Waals surface area contributed by atoms with Gasteiger partial charge in [-0.05, 0) is 44.4 Å². The fraction of sp³-hybridized carbons (Fsp3) is 0.562. The van der Waals surface area contributed by atoms with Crippen molar-refractivity contribution in [1.82, 2.24) is 0 Å². The van der Waals surface area contributed by atoms with E-state index in [2.05, 4.69) is 0 Å². The molecule has 0 heterocycles. The molecule has 2 unspecified atom stereocenters. The number of hydrogen-bond donors (Lipinski definition) is 1. The molecular formula is C16H22O5. The summed E-state index contributed by atoms with van der Waals surface area (Å²) in [6.45, 7) is 2.08. The molecule has 5 heteroatoms. The SMILES string of the molecule is CCOC(=O)c1ccc(OC)c(OC2CCCCC2O)c1. The Hall–Kier alpha value is -1.75. The third-order valence-corrected chi connectivity index (χ3v) is 3.62. The fourth-order valence-electron chi connectivity index (χ4n) is 2.49. The maximum Gasteiger partial charge on any atom is 0.338 e. The first-order valence-corrected chi connectivity index (χ1v) is 7.35. The monoisotopic (exact) mass is 294 g/mol. The summed E-state index contributed by atoms with van der Waals surface area (Å²) in [4.78, 5) is 11.8. The first kappa shape index (κ1) is 15.6. The normalized spacial score (nSPS) is 21.7. The van der Waals surface area contributed by atoms with Gasteiger partial charge < -0.3 is 19.3 Å². The molecule has 1 aliphatic rings. The summed E-state index contributed by atoms with van der Waals surface area (Å²) in [6.07, 6.45) is 2.85. The Morgan fingerprint density at radius 2 is 2.05 bits per heavy atom. The molecule has 0 aromatic heterocycles. The van der Waals surface area contributed by atoms with Crippen LogP contribution in [-0.2, 0) is 4.74 Å². The van der Waals surface area contributed by atoms with E-state index in [0.717, 1.165) is 25.7 Å². The maximum atomic E-state index is 11.8. The molecule has 0 saturated heterocycles. The van der Waals surface area contributed by atoms with Crippen LogP contribution in [0.2, 0.25) is 0 Å². The second-order valence-electron chi connectivity index (χ2n) is 5.09. The van der Waals surface area contributed by atoms with Crippen LogP contribution in [0.3, 0.4) is 0 Å². The van der Waals surface area contributed by atoms with Gasteiger partial charge in [0.25, 0.3) is 0 Å². The number of carbonyl (C=O) groups is 1. The Labute approximate surface area is 124 Å². The molecule has 0 bridgehead atoms. The average molecular weight is 294 g/mol. The van der Waals surface area contributed by atoms with Gasteiger partial charge in [-0.2, -0.15) is 0 Å². The quantitative estimate of drug-likeness (QED) is 0.845. The highest BCUT2D eigenvalue weighted by Gasteiger charge is 2.26. The lowest BCUT2D eigenvalue weighted by Gasteiger charge is -2.28. The number of methoxy groups -OCH3 is 1. The van der Waals surface area contributed by atoms with E-state index in [1.165, 1.54) is 0 Å². The van der Waals surface area contributed by atoms with E-state index < -0.39 is 12.1 Å². The molecule has 1 aromatic rings. The van der Waals surface area contributed by atoms with Crippen LogP contribution in [0.15, 0.2) is 18.2 Å². The lowest BCUT2D eigenvalue weighted by Crippen LogP contribution is -2.34. The van der Waals surface area contributed by atoms with Crippen molar-refractivity contribution in [2.24, 2.45) is 0 Å². The third kappa shape index (κ3) is 3.88. The number of aliphatic hydroxyl groups is 1. The van der Waals surface area contributed by atoms with E-state index in [1.807, 2.05) is 0 Å². The zero-order valence-corrected chi connectivity index (χ0v) is 12.5. The number of carbonyl (C=O) groups excluding carboxylic acids is 1. The fourth-order valence-corrected chi connectivity index (χ4v) is 2.49. The summed E-state index contributed by atoms with van der Waals surface area (Å²) in [5.74, 6) is 0.615. The minimum atomic E-state index is -0.477. The van der Waals surface area contributed by atoms with E-state index in [9.17, 15) is 9.90 Å². The van der Waals surface area contributed by atoms with Crippen LogP contribution in [0.25, 0.3) is 0 Å². The van der Waals surface area contributed by atoms with Crippen LogP contribution in [-0.4, -0.2) is 37.0 Å². The predicted octanol–water partition coefficient (Wildman–Crippen LogP) is 2.55. The van der Waals surface area contributed by atoms with Gasteiger partial charge in [0.2, 0.25) is 0 Å². The molecule has 1 N–H and O–H groups in total. The standard InChI is InChI=1S/C16H22O5/c1-3-20-16(18)11-8-9-14(19-2)15(10-11)21-13-7-5-4-6-12(13)17/h8-10,12-13,17H,3-7H2,1-2H3. The van der Waals surface area contributed by atoms with Gasteiger partial charge in [0.05, 0.1) is 25.4 Å². The molecule has 116 valence electrons.